The Hall–Kier alpha value is -6.65. The van der Waals surface area contributed by atoms with Gasteiger partial charge in [-0.15, -0.1) is 0 Å². The zero-order valence-electron chi connectivity index (χ0n) is 26.6. The number of nitrogens with zero attached hydrogens (tertiary/aromatic N) is 4. The third-order valence-electron chi connectivity index (χ3n) is 9.08. The molecule has 0 aliphatic heterocycles. The van der Waals surface area contributed by atoms with E-state index >= 15 is 0 Å². The molecular weight excluding hydrogens is 597 g/mol. The lowest BCUT2D eigenvalue weighted by molar-refractivity contribution is 1.17. The number of hydrogen-bond acceptors (Lipinski definition) is 3. The summed E-state index contributed by atoms with van der Waals surface area (Å²) in [6.45, 7) is 0. The fourth-order valence-electron chi connectivity index (χ4n) is 6.72. The Labute approximate surface area is 284 Å². The smallest absolute Gasteiger partial charge is 0.0963 e. The van der Waals surface area contributed by atoms with Gasteiger partial charge in [-0.25, -0.2) is 4.98 Å². The van der Waals surface area contributed by atoms with Crippen LogP contribution in [-0.4, -0.2) is 19.5 Å². The Morgan fingerprint density at radius 2 is 0.918 bits per heavy atom. The predicted octanol–water partition coefficient (Wildman–Crippen LogP) is 11.3. The van der Waals surface area contributed by atoms with Gasteiger partial charge in [0.15, 0.2) is 0 Å². The minimum atomic E-state index is 0.831. The molecule has 0 aliphatic rings. The summed E-state index contributed by atoms with van der Waals surface area (Å²) in [6.07, 6.45) is 3.68. The van der Waals surface area contributed by atoms with E-state index in [1.54, 1.807) is 0 Å². The van der Waals surface area contributed by atoms with Crippen molar-refractivity contribution in [1.82, 2.24) is 19.5 Å². The van der Waals surface area contributed by atoms with Gasteiger partial charge in [-0.1, -0.05) is 97.1 Å². The van der Waals surface area contributed by atoms with E-state index in [0.717, 1.165) is 61.4 Å². The molecule has 0 fully saturated rings. The molecule has 230 valence electrons. The molecule has 0 unspecified atom stereocenters. The highest BCUT2D eigenvalue weighted by Crippen LogP contribution is 2.36. The standard InChI is InChI=1S/C45H30N4/c1-3-12-31(13-4-1)34-26-35(32-14-5-2-6-15-32)28-36(27-34)37-29-41(48-42(30-37)40-17-9-10-24-46-40)33-20-22-38(23-21-33)49-43-18-8-7-16-39(43)45-44(49)19-11-25-47-45/h1-30H. The highest BCUT2D eigenvalue weighted by Gasteiger charge is 2.15. The Balaban J connectivity index is 1.20. The number of rotatable bonds is 6. The summed E-state index contributed by atoms with van der Waals surface area (Å²) >= 11 is 0. The maximum atomic E-state index is 5.17. The molecule has 0 N–H and O–H groups in total. The van der Waals surface area contributed by atoms with Gasteiger partial charge in [-0.3, -0.25) is 9.97 Å². The second-order valence-corrected chi connectivity index (χ2v) is 12.1. The average Bonchev–Trinajstić information content (AvgIpc) is 3.53. The highest BCUT2D eigenvalue weighted by molar-refractivity contribution is 6.06. The van der Waals surface area contributed by atoms with Crippen molar-refractivity contribution in [2.75, 3.05) is 0 Å². The molecule has 0 amide bonds. The van der Waals surface area contributed by atoms with Crippen molar-refractivity contribution in [3.05, 3.63) is 182 Å². The summed E-state index contributed by atoms with van der Waals surface area (Å²) in [5.41, 5.74) is 14.8. The maximum absolute atomic E-state index is 5.17. The molecule has 0 aliphatic carbocycles. The number of para-hydroxylation sites is 1. The van der Waals surface area contributed by atoms with Gasteiger partial charge in [0.1, 0.15) is 0 Å². The molecule has 0 bridgehead atoms. The minimum absolute atomic E-state index is 0.831. The van der Waals surface area contributed by atoms with Gasteiger partial charge in [0.2, 0.25) is 0 Å². The Morgan fingerprint density at radius 3 is 1.61 bits per heavy atom. The van der Waals surface area contributed by atoms with Gasteiger partial charge in [-0.2, -0.15) is 0 Å². The van der Waals surface area contributed by atoms with Crippen LogP contribution in [0.15, 0.2) is 182 Å². The lowest BCUT2D eigenvalue weighted by Crippen LogP contribution is -1.95. The van der Waals surface area contributed by atoms with E-state index in [-0.39, 0.29) is 0 Å². The third kappa shape index (κ3) is 5.35. The fraction of sp³-hybridized carbons (Fsp3) is 0. The van der Waals surface area contributed by atoms with Gasteiger partial charge >= 0.3 is 0 Å². The summed E-state index contributed by atoms with van der Waals surface area (Å²) < 4.78 is 2.28. The fourth-order valence-corrected chi connectivity index (χ4v) is 6.72. The molecule has 0 radical (unpaired) electrons. The second-order valence-electron chi connectivity index (χ2n) is 12.1. The van der Waals surface area contributed by atoms with Crippen LogP contribution in [0.5, 0.6) is 0 Å². The Bertz CT molecular complexity index is 2460. The molecule has 4 nitrogen and oxygen atoms in total. The Morgan fingerprint density at radius 1 is 0.347 bits per heavy atom. The van der Waals surface area contributed by atoms with Crippen molar-refractivity contribution in [3.63, 3.8) is 0 Å². The first kappa shape index (κ1) is 28.6. The molecule has 4 heteroatoms. The molecule has 49 heavy (non-hydrogen) atoms. The molecule has 5 aromatic carbocycles. The van der Waals surface area contributed by atoms with Crippen LogP contribution in [-0.2, 0) is 0 Å². The molecular formula is C45H30N4. The number of fused-ring (bicyclic) bond motifs is 3. The lowest BCUT2D eigenvalue weighted by Gasteiger charge is -2.14. The summed E-state index contributed by atoms with van der Waals surface area (Å²) in [5.74, 6) is 0. The first-order valence-electron chi connectivity index (χ1n) is 16.4. The lowest BCUT2D eigenvalue weighted by atomic mass is 9.92. The molecule has 9 rings (SSSR count). The minimum Gasteiger partial charge on any atom is -0.308 e. The second kappa shape index (κ2) is 12.2. The first-order valence-corrected chi connectivity index (χ1v) is 16.4. The monoisotopic (exact) mass is 626 g/mol. The van der Waals surface area contributed by atoms with Crippen LogP contribution < -0.4 is 0 Å². The van der Waals surface area contributed by atoms with Crippen molar-refractivity contribution in [2.45, 2.75) is 0 Å². The summed E-state index contributed by atoms with van der Waals surface area (Å²) in [7, 11) is 0. The molecule has 0 saturated carbocycles. The van der Waals surface area contributed by atoms with E-state index in [4.69, 9.17) is 9.97 Å². The quantitative estimate of drug-likeness (QED) is 0.184. The van der Waals surface area contributed by atoms with Crippen molar-refractivity contribution in [1.29, 1.82) is 0 Å². The number of aromatic nitrogens is 4. The molecule has 0 saturated heterocycles. The van der Waals surface area contributed by atoms with Gasteiger partial charge in [-0.05, 0) is 106 Å². The van der Waals surface area contributed by atoms with Crippen LogP contribution in [0.2, 0.25) is 0 Å². The van der Waals surface area contributed by atoms with Crippen molar-refractivity contribution in [2.24, 2.45) is 0 Å². The summed E-state index contributed by atoms with van der Waals surface area (Å²) in [4.78, 5) is 14.6. The van der Waals surface area contributed by atoms with Gasteiger partial charge in [0.25, 0.3) is 0 Å². The average molecular weight is 627 g/mol. The zero-order valence-corrected chi connectivity index (χ0v) is 26.6. The van der Waals surface area contributed by atoms with Crippen molar-refractivity contribution >= 4 is 21.9 Å². The summed E-state index contributed by atoms with van der Waals surface area (Å²) in [6, 6.07) is 59.6. The maximum Gasteiger partial charge on any atom is 0.0963 e. The van der Waals surface area contributed by atoms with Crippen LogP contribution in [0.3, 0.4) is 0 Å². The molecule has 4 heterocycles. The normalized spacial score (nSPS) is 11.3. The molecule has 0 spiro atoms. The number of benzene rings is 5. The zero-order chi connectivity index (χ0) is 32.6. The molecule has 4 aromatic heterocycles. The van der Waals surface area contributed by atoms with Gasteiger partial charge in [0, 0.05) is 29.0 Å². The van der Waals surface area contributed by atoms with E-state index < -0.39 is 0 Å². The van der Waals surface area contributed by atoms with Crippen LogP contribution in [0, 0.1) is 0 Å². The van der Waals surface area contributed by atoms with Crippen LogP contribution >= 0.6 is 0 Å². The van der Waals surface area contributed by atoms with Gasteiger partial charge < -0.3 is 4.57 Å². The van der Waals surface area contributed by atoms with Crippen molar-refractivity contribution < 1.29 is 0 Å². The Kier molecular flexibility index (Phi) is 7.10. The van der Waals surface area contributed by atoms with E-state index in [2.05, 4.69) is 155 Å². The highest BCUT2D eigenvalue weighted by atomic mass is 15.0. The van der Waals surface area contributed by atoms with Crippen LogP contribution in [0.4, 0.5) is 0 Å². The predicted molar refractivity (Wildman–Crippen MR) is 201 cm³/mol. The van der Waals surface area contributed by atoms with Crippen molar-refractivity contribution in [3.8, 4) is 61.7 Å². The van der Waals surface area contributed by atoms with Gasteiger partial charge in [0.05, 0.1) is 33.6 Å². The van der Waals surface area contributed by atoms with E-state index in [1.165, 1.54) is 22.3 Å². The van der Waals surface area contributed by atoms with E-state index in [0.29, 0.717) is 0 Å². The third-order valence-corrected chi connectivity index (χ3v) is 9.08. The molecule has 0 atom stereocenters. The number of hydrogen-bond donors (Lipinski definition) is 0. The topological polar surface area (TPSA) is 43.6 Å². The summed E-state index contributed by atoms with van der Waals surface area (Å²) in [5, 5.41) is 1.14. The first-order chi connectivity index (χ1) is 24.3. The largest absolute Gasteiger partial charge is 0.308 e. The van der Waals surface area contributed by atoms with E-state index in [9.17, 15) is 0 Å². The molecule has 9 aromatic rings. The van der Waals surface area contributed by atoms with E-state index in [1.807, 2.05) is 36.7 Å². The number of pyridine rings is 3. The van der Waals surface area contributed by atoms with Crippen LogP contribution in [0.1, 0.15) is 0 Å². The van der Waals surface area contributed by atoms with Crippen LogP contribution in [0.25, 0.3) is 83.6 Å². The SMILES string of the molecule is c1ccc(-c2cc(-c3ccccc3)cc(-c3cc(-c4ccc(-n5c6ccccc6c6ncccc65)cc4)nc(-c4ccccn4)c3)c2)cc1.